The lowest BCUT2D eigenvalue weighted by molar-refractivity contribution is 0.0379. The number of nitrogens with zero attached hydrogens (tertiary/aromatic N) is 2. The highest BCUT2D eigenvalue weighted by atomic mass is 79.9. The zero-order valence-corrected chi connectivity index (χ0v) is 18.0. The second kappa shape index (κ2) is 8.66. The Labute approximate surface area is 169 Å². The molecule has 0 bridgehead atoms. The van der Waals surface area contributed by atoms with Crippen LogP contribution in [0.3, 0.4) is 0 Å². The maximum absolute atomic E-state index is 12.6. The van der Waals surface area contributed by atoms with Gasteiger partial charge in [-0.25, -0.2) is 9.59 Å². The van der Waals surface area contributed by atoms with Gasteiger partial charge in [0.2, 0.25) is 0 Å². The van der Waals surface area contributed by atoms with Crippen molar-refractivity contribution in [1.29, 1.82) is 0 Å². The number of esters is 2. The molecule has 0 unspecified atom stereocenters. The first-order valence-corrected chi connectivity index (χ1v) is 9.78. The Morgan fingerprint density at radius 1 is 1.33 bits per heavy atom. The molecular formula is C17H20BrN3O5S. The van der Waals surface area contributed by atoms with Crippen molar-refractivity contribution in [3.8, 4) is 0 Å². The summed E-state index contributed by atoms with van der Waals surface area (Å²) in [6, 6.07) is 0. The number of aryl methyl sites for hydroxylation is 1. The van der Waals surface area contributed by atoms with Gasteiger partial charge in [0.25, 0.3) is 5.91 Å². The van der Waals surface area contributed by atoms with Crippen LogP contribution in [0.4, 0.5) is 5.00 Å². The molecular weight excluding hydrogens is 438 g/mol. The van der Waals surface area contributed by atoms with Gasteiger partial charge in [-0.15, -0.1) is 11.3 Å². The molecule has 0 spiro atoms. The van der Waals surface area contributed by atoms with Gasteiger partial charge in [-0.2, -0.15) is 5.10 Å². The Kier molecular flexibility index (Phi) is 6.77. The molecule has 0 atom stereocenters. The Bertz CT molecular complexity index is 888. The molecule has 10 heteroatoms. The molecule has 0 aromatic carbocycles. The van der Waals surface area contributed by atoms with E-state index in [-0.39, 0.29) is 33.8 Å². The number of amides is 1. The smallest absolute Gasteiger partial charge is 0.348 e. The number of carbonyl (C=O) groups excluding carboxylic acids is 3. The lowest BCUT2D eigenvalue weighted by atomic mass is 10.1. The number of halogens is 1. The predicted molar refractivity (Wildman–Crippen MR) is 104 cm³/mol. The summed E-state index contributed by atoms with van der Waals surface area (Å²) in [5, 5.41) is 6.95. The summed E-state index contributed by atoms with van der Waals surface area (Å²) in [5.74, 6) is -1.69. The Hall–Kier alpha value is -2.20. The fourth-order valence-corrected chi connectivity index (χ4v) is 3.93. The molecule has 2 heterocycles. The molecule has 0 aliphatic carbocycles. The van der Waals surface area contributed by atoms with E-state index in [2.05, 4.69) is 26.3 Å². The molecule has 2 rings (SSSR count). The quantitative estimate of drug-likeness (QED) is 0.665. The van der Waals surface area contributed by atoms with Crippen molar-refractivity contribution in [2.45, 2.75) is 33.8 Å². The van der Waals surface area contributed by atoms with Crippen molar-refractivity contribution >= 4 is 50.1 Å². The minimum Gasteiger partial charge on any atom is -0.462 e. The summed E-state index contributed by atoms with van der Waals surface area (Å²) in [6.45, 7) is 6.94. The van der Waals surface area contributed by atoms with E-state index in [9.17, 15) is 14.4 Å². The normalized spacial score (nSPS) is 10.8. The average molecular weight is 458 g/mol. The third-order valence-electron chi connectivity index (χ3n) is 3.38. The minimum atomic E-state index is -0.621. The first-order valence-electron chi connectivity index (χ1n) is 8.17. The molecule has 2 aromatic heterocycles. The number of anilines is 1. The monoisotopic (exact) mass is 457 g/mol. The molecule has 8 nitrogen and oxygen atoms in total. The Balaban J connectivity index is 2.45. The molecule has 27 heavy (non-hydrogen) atoms. The largest absolute Gasteiger partial charge is 0.462 e. The molecule has 0 fully saturated rings. The van der Waals surface area contributed by atoms with Crippen LogP contribution in [0.5, 0.6) is 0 Å². The van der Waals surface area contributed by atoms with Gasteiger partial charge >= 0.3 is 11.9 Å². The summed E-state index contributed by atoms with van der Waals surface area (Å²) in [6.07, 6.45) is 1.28. The minimum absolute atomic E-state index is 0.136. The first kappa shape index (κ1) is 21.1. The topological polar surface area (TPSA) is 99.5 Å². The van der Waals surface area contributed by atoms with Crippen LogP contribution in [0.2, 0.25) is 0 Å². The third-order valence-corrected chi connectivity index (χ3v) is 5.15. The second-order valence-electron chi connectivity index (χ2n) is 5.89. The lowest BCUT2D eigenvalue weighted by Gasteiger charge is -2.10. The van der Waals surface area contributed by atoms with Crippen molar-refractivity contribution in [1.82, 2.24) is 9.78 Å². The van der Waals surface area contributed by atoms with E-state index < -0.39 is 17.8 Å². The fraction of sp³-hybridized carbons (Fsp3) is 0.412. The van der Waals surface area contributed by atoms with Gasteiger partial charge in [0.05, 0.1) is 22.7 Å². The van der Waals surface area contributed by atoms with Crippen LogP contribution in [-0.4, -0.2) is 40.3 Å². The van der Waals surface area contributed by atoms with Gasteiger partial charge in [-0.1, -0.05) is 0 Å². The van der Waals surface area contributed by atoms with Crippen molar-refractivity contribution in [3.63, 3.8) is 0 Å². The average Bonchev–Trinajstić information content (AvgIpc) is 3.06. The van der Waals surface area contributed by atoms with E-state index in [1.807, 2.05) is 0 Å². The van der Waals surface area contributed by atoms with Gasteiger partial charge in [0.15, 0.2) is 5.69 Å². The van der Waals surface area contributed by atoms with E-state index in [1.54, 1.807) is 40.9 Å². The van der Waals surface area contributed by atoms with Gasteiger partial charge in [0, 0.05) is 13.2 Å². The van der Waals surface area contributed by atoms with E-state index >= 15 is 0 Å². The van der Waals surface area contributed by atoms with Gasteiger partial charge in [-0.3, -0.25) is 9.48 Å². The zero-order valence-electron chi connectivity index (χ0n) is 15.6. The van der Waals surface area contributed by atoms with Crippen molar-refractivity contribution in [2.24, 2.45) is 7.05 Å². The summed E-state index contributed by atoms with van der Waals surface area (Å²) in [7, 11) is 1.68. The van der Waals surface area contributed by atoms with Crippen LogP contribution in [0.25, 0.3) is 0 Å². The van der Waals surface area contributed by atoms with Crippen LogP contribution >= 0.6 is 27.3 Å². The maximum Gasteiger partial charge on any atom is 0.348 e. The number of hydrogen-bond acceptors (Lipinski definition) is 7. The molecule has 0 saturated carbocycles. The van der Waals surface area contributed by atoms with Gasteiger partial charge < -0.3 is 14.8 Å². The number of carbonyl (C=O) groups is 3. The molecule has 0 aliphatic rings. The number of rotatable bonds is 6. The standard InChI is InChI=1S/C17H20BrN3O5S/c1-6-25-17(24)13-9(4)11(16(23)26-8(2)3)15(27-13)19-14(22)12-10(18)7-21(5)20-12/h7-8H,6H2,1-5H3,(H,19,22). The van der Waals surface area contributed by atoms with E-state index in [0.29, 0.717) is 10.0 Å². The van der Waals surface area contributed by atoms with Crippen molar-refractivity contribution < 1.29 is 23.9 Å². The van der Waals surface area contributed by atoms with Crippen LogP contribution in [0.1, 0.15) is 56.9 Å². The Morgan fingerprint density at radius 2 is 2.00 bits per heavy atom. The first-order chi connectivity index (χ1) is 12.6. The maximum atomic E-state index is 12.6. The van der Waals surface area contributed by atoms with Crippen LogP contribution in [-0.2, 0) is 16.5 Å². The highest BCUT2D eigenvalue weighted by Gasteiger charge is 2.28. The van der Waals surface area contributed by atoms with Crippen LogP contribution < -0.4 is 5.32 Å². The third kappa shape index (κ3) is 4.75. The van der Waals surface area contributed by atoms with Crippen molar-refractivity contribution in [2.75, 3.05) is 11.9 Å². The summed E-state index contributed by atoms with van der Waals surface area (Å²) >= 11 is 4.24. The zero-order chi connectivity index (χ0) is 20.3. The van der Waals surface area contributed by atoms with Crippen LogP contribution in [0.15, 0.2) is 10.7 Å². The summed E-state index contributed by atoms with van der Waals surface area (Å²) in [5.41, 5.74) is 0.695. The lowest BCUT2D eigenvalue weighted by Crippen LogP contribution is -2.17. The highest BCUT2D eigenvalue weighted by molar-refractivity contribution is 9.10. The summed E-state index contributed by atoms with van der Waals surface area (Å²) in [4.78, 5) is 37.5. The molecule has 0 saturated heterocycles. The Morgan fingerprint density at radius 3 is 2.52 bits per heavy atom. The number of ether oxygens (including phenoxy) is 2. The second-order valence-corrected chi connectivity index (χ2v) is 7.76. The molecule has 1 N–H and O–H groups in total. The molecule has 0 aliphatic heterocycles. The van der Waals surface area contributed by atoms with E-state index in [1.165, 1.54) is 4.68 Å². The number of hydrogen-bond donors (Lipinski definition) is 1. The van der Waals surface area contributed by atoms with E-state index in [0.717, 1.165) is 11.3 Å². The highest BCUT2D eigenvalue weighted by Crippen LogP contribution is 2.35. The molecule has 1 amide bonds. The SMILES string of the molecule is CCOC(=O)c1sc(NC(=O)c2nn(C)cc2Br)c(C(=O)OC(C)C)c1C. The van der Waals surface area contributed by atoms with Gasteiger partial charge in [-0.05, 0) is 49.2 Å². The number of nitrogens with one attached hydrogen (secondary N) is 1. The van der Waals surface area contributed by atoms with Crippen molar-refractivity contribution in [3.05, 3.63) is 32.4 Å². The molecule has 146 valence electrons. The number of thiophene rings is 1. The van der Waals surface area contributed by atoms with Gasteiger partial charge in [0.1, 0.15) is 9.88 Å². The molecule has 2 aromatic rings. The van der Waals surface area contributed by atoms with E-state index in [4.69, 9.17) is 9.47 Å². The van der Waals surface area contributed by atoms with Crippen LogP contribution in [0, 0.1) is 6.92 Å². The fourth-order valence-electron chi connectivity index (χ4n) is 2.29. The molecule has 0 radical (unpaired) electrons. The predicted octanol–water partition coefficient (Wildman–Crippen LogP) is 3.55. The number of aromatic nitrogens is 2. The summed E-state index contributed by atoms with van der Waals surface area (Å²) < 4.78 is 12.3.